The Morgan fingerprint density at radius 3 is 2.32 bits per heavy atom. The number of hydrogen-bond donors (Lipinski definition) is 4. The molecule has 0 radical (unpaired) electrons. The maximum absolute atomic E-state index is 13.1. The minimum atomic E-state index is -4.65. The number of rotatable bonds is 6. The van der Waals surface area contributed by atoms with Crippen LogP contribution < -0.4 is 21.3 Å². The van der Waals surface area contributed by atoms with Gasteiger partial charge in [0.05, 0.1) is 10.6 Å². The molecule has 198 valence electrons. The van der Waals surface area contributed by atoms with Crippen LogP contribution in [0.1, 0.15) is 19.4 Å². The van der Waals surface area contributed by atoms with Crippen molar-refractivity contribution in [2.75, 3.05) is 22.5 Å². The molecule has 0 aliphatic heterocycles. The van der Waals surface area contributed by atoms with Crippen LogP contribution in [0, 0.1) is 5.92 Å². The molecule has 0 unspecified atom stereocenters. The third kappa shape index (κ3) is 6.29. The molecule has 0 saturated heterocycles. The van der Waals surface area contributed by atoms with Gasteiger partial charge in [0.2, 0.25) is 0 Å². The molecule has 4 rings (SSSR count). The first-order valence-corrected chi connectivity index (χ1v) is 11.7. The van der Waals surface area contributed by atoms with Gasteiger partial charge in [-0.05, 0) is 48.4 Å². The smallest absolute Gasteiger partial charge is 0.338 e. The van der Waals surface area contributed by atoms with Gasteiger partial charge in [-0.2, -0.15) is 13.2 Å². The summed E-state index contributed by atoms with van der Waals surface area (Å²) in [7, 11) is 0. The molecule has 2 aromatic carbocycles. The normalized spacial score (nSPS) is 11.4. The van der Waals surface area contributed by atoms with Crippen molar-refractivity contribution in [3.63, 3.8) is 0 Å². The fourth-order valence-electron chi connectivity index (χ4n) is 3.38. The number of carbonyl (C=O) groups is 2. The van der Waals surface area contributed by atoms with E-state index in [0.29, 0.717) is 29.1 Å². The number of nitrogens with one attached hydrogen (secondary N) is 4. The number of hydrogen-bond acceptors (Lipinski definition) is 5. The predicted molar refractivity (Wildman–Crippen MR) is 138 cm³/mol. The lowest BCUT2D eigenvalue weighted by Gasteiger charge is -2.12. The number of urea groups is 2. The first kappa shape index (κ1) is 26.7. The summed E-state index contributed by atoms with van der Waals surface area (Å²) in [6, 6.07) is 8.52. The number of benzene rings is 2. The van der Waals surface area contributed by atoms with Crippen molar-refractivity contribution in [3.05, 3.63) is 65.7 Å². The fraction of sp³-hybridized carbons (Fsp3) is 0.208. The summed E-state index contributed by atoms with van der Waals surface area (Å²) in [6.45, 7) is 4.46. The molecule has 2 heterocycles. The summed E-state index contributed by atoms with van der Waals surface area (Å²) in [5, 5.41) is 9.85. The number of aromatic nitrogens is 4. The van der Waals surface area contributed by atoms with E-state index in [0.717, 1.165) is 12.1 Å². The second-order valence-corrected chi connectivity index (χ2v) is 8.96. The maximum atomic E-state index is 13.1. The van der Waals surface area contributed by atoms with Crippen LogP contribution in [-0.2, 0) is 6.18 Å². The molecular weight excluding hydrogens is 525 g/mol. The fourth-order valence-corrected chi connectivity index (χ4v) is 3.61. The number of halogens is 4. The first-order valence-electron chi connectivity index (χ1n) is 11.3. The Labute approximate surface area is 219 Å². The van der Waals surface area contributed by atoms with E-state index >= 15 is 0 Å². The van der Waals surface area contributed by atoms with Gasteiger partial charge in [0, 0.05) is 23.6 Å². The Bertz CT molecular complexity index is 1470. The van der Waals surface area contributed by atoms with Crippen LogP contribution in [0.5, 0.6) is 0 Å². The molecule has 0 aliphatic rings. The quantitative estimate of drug-likeness (QED) is 0.239. The van der Waals surface area contributed by atoms with E-state index in [1.807, 2.05) is 13.8 Å². The topological polar surface area (TPSA) is 126 Å². The Morgan fingerprint density at radius 1 is 0.947 bits per heavy atom. The first-order chi connectivity index (χ1) is 18.0. The molecule has 0 fully saturated rings. The number of carbonyl (C=O) groups excluding carboxylic acids is 2. The molecule has 0 aliphatic carbocycles. The molecule has 14 heteroatoms. The van der Waals surface area contributed by atoms with Crippen LogP contribution >= 0.6 is 11.6 Å². The highest BCUT2D eigenvalue weighted by Gasteiger charge is 2.33. The Kier molecular flexibility index (Phi) is 7.67. The molecule has 38 heavy (non-hydrogen) atoms. The molecule has 4 amide bonds. The van der Waals surface area contributed by atoms with Crippen molar-refractivity contribution in [1.29, 1.82) is 0 Å². The van der Waals surface area contributed by atoms with Crippen molar-refractivity contribution >= 4 is 52.0 Å². The third-order valence-corrected chi connectivity index (χ3v) is 5.50. The van der Waals surface area contributed by atoms with Gasteiger partial charge in [-0.15, -0.1) is 0 Å². The molecule has 10 nitrogen and oxygen atoms in total. The van der Waals surface area contributed by atoms with Crippen LogP contribution in [0.15, 0.2) is 55.1 Å². The van der Waals surface area contributed by atoms with Crippen molar-refractivity contribution in [1.82, 2.24) is 24.8 Å². The molecule has 0 atom stereocenters. The number of imidazole rings is 1. The average molecular weight is 547 g/mol. The van der Waals surface area contributed by atoms with Gasteiger partial charge in [0.25, 0.3) is 0 Å². The lowest BCUT2D eigenvalue weighted by molar-refractivity contribution is -0.137. The molecule has 0 saturated carbocycles. The zero-order chi connectivity index (χ0) is 27.4. The summed E-state index contributed by atoms with van der Waals surface area (Å²) in [5.41, 5.74) is 0.755. The van der Waals surface area contributed by atoms with Crippen LogP contribution in [0.4, 0.5) is 40.0 Å². The summed E-state index contributed by atoms with van der Waals surface area (Å²) in [4.78, 5) is 37.1. The highest BCUT2D eigenvalue weighted by atomic mass is 35.5. The molecular formula is C24H22ClF3N8O2. The highest BCUT2D eigenvalue weighted by molar-refractivity contribution is 6.31. The summed E-state index contributed by atoms with van der Waals surface area (Å²) in [6.07, 6.45) is -1.83. The Hall–Kier alpha value is -4.39. The standard InChI is InChI=1S/C24H22ClF3N8O2/c1-13(2)10-29-22(37)35-20-19-21(31-11-30-20)36(12-32-19)16-6-3-14(4-7-16)33-23(38)34-15-5-8-18(25)17(9-15)24(26,27)28/h3-9,11-13H,10H2,1-2H3,(H2,33,34,38)(H2,29,30,31,35,37). The van der Waals surface area contributed by atoms with E-state index in [9.17, 15) is 22.8 Å². The second-order valence-electron chi connectivity index (χ2n) is 8.56. The Morgan fingerprint density at radius 2 is 1.63 bits per heavy atom. The van der Waals surface area contributed by atoms with E-state index in [2.05, 4.69) is 36.2 Å². The van der Waals surface area contributed by atoms with Gasteiger partial charge in [-0.25, -0.2) is 24.5 Å². The van der Waals surface area contributed by atoms with E-state index in [1.165, 1.54) is 18.7 Å². The number of alkyl halides is 3. The van der Waals surface area contributed by atoms with E-state index in [4.69, 9.17) is 11.6 Å². The van der Waals surface area contributed by atoms with Crippen LogP contribution in [0.25, 0.3) is 16.9 Å². The highest BCUT2D eigenvalue weighted by Crippen LogP contribution is 2.36. The summed E-state index contributed by atoms with van der Waals surface area (Å²) >= 11 is 5.61. The Balaban J connectivity index is 1.45. The third-order valence-electron chi connectivity index (χ3n) is 5.17. The van der Waals surface area contributed by atoms with Crippen LogP contribution in [-0.4, -0.2) is 38.1 Å². The lowest BCUT2D eigenvalue weighted by atomic mass is 10.2. The number of amides is 4. The SMILES string of the molecule is CC(C)CNC(=O)Nc1ncnc2c1ncn2-c1ccc(NC(=O)Nc2ccc(Cl)c(C(F)(F)F)c2)cc1. The van der Waals surface area contributed by atoms with E-state index in [1.54, 1.807) is 28.8 Å². The monoisotopic (exact) mass is 546 g/mol. The van der Waals surface area contributed by atoms with Crippen molar-refractivity contribution < 1.29 is 22.8 Å². The van der Waals surface area contributed by atoms with Gasteiger partial charge in [0.1, 0.15) is 12.7 Å². The van der Waals surface area contributed by atoms with Gasteiger partial charge < -0.3 is 16.0 Å². The van der Waals surface area contributed by atoms with E-state index < -0.39 is 28.8 Å². The second kappa shape index (κ2) is 10.9. The molecule has 2 aromatic heterocycles. The number of fused-ring (bicyclic) bond motifs is 1. The molecule has 0 bridgehead atoms. The molecule has 0 spiro atoms. The van der Waals surface area contributed by atoms with Gasteiger partial charge >= 0.3 is 18.2 Å². The zero-order valence-electron chi connectivity index (χ0n) is 20.1. The van der Waals surface area contributed by atoms with Crippen molar-refractivity contribution in [3.8, 4) is 5.69 Å². The summed E-state index contributed by atoms with van der Waals surface area (Å²) in [5.74, 6) is 0.537. The molecule has 4 aromatic rings. The maximum Gasteiger partial charge on any atom is 0.417 e. The van der Waals surface area contributed by atoms with Gasteiger partial charge in [0.15, 0.2) is 17.0 Å². The van der Waals surface area contributed by atoms with Gasteiger partial charge in [-0.1, -0.05) is 25.4 Å². The number of nitrogens with zero attached hydrogens (tertiary/aromatic N) is 4. The molecule has 4 N–H and O–H groups in total. The van der Waals surface area contributed by atoms with Crippen molar-refractivity contribution in [2.24, 2.45) is 5.92 Å². The number of anilines is 3. The van der Waals surface area contributed by atoms with Crippen molar-refractivity contribution in [2.45, 2.75) is 20.0 Å². The van der Waals surface area contributed by atoms with Crippen LogP contribution in [0.2, 0.25) is 5.02 Å². The lowest BCUT2D eigenvalue weighted by Crippen LogP contribution is -2.32. The minimum Gasteiger partial charge on any atom is -0.338 e. The van der Waals surface area contributed by atoms with E-state index in [-0.39, 0.29) is 17.4 Å². The predicted octanol–water partition coefficient (Wildman–Crippen LogP) is 5.91. The van der Waals surface area contributed by atoms with Crippen LogP contribution in [0.3, 0.4) is 0 Å². The minimum absolute atomic E-state index is 0.0669. The zero-order valence-corrected chi connectivity index (χ0v) is 20.9. The summed E-state index contributed by atoms with van der Waals surface area (Å²) < 4.78 is 40.8. The van der Waals surface area contributed by atoms with Gasteiger partial charge in [-0.3, -0.25) is 9.88 Å². The largest absolute Gasteiger partial charge is 0.417 e. The average Bonchev–Trinajstić information content (AvgIpc) is 3.29.